The van der Waals surface area contributed by atoms with Crippen LogP contribution in [0.2, 0.25) is 0 Å². The van der Waals surface area contributed by atoms with Crippen molar-refractivity contribution in [1.82, 2.24) is 9.88 Å². The van der Waals surface area contributed by atoms with Gasteiger partial charge in [-0.05, 0) is 57.8 Å². The van der Waals surface area contributed by atoms with Crippen molar-refractivity contribution in [3.05, 3.63) is 21.2 Å². The van der Waals surface area contributed by atoms with E-state index >= 15 is 0 Å². The van der Waals surface area contributed by atoms with Crippen LogP contribution in [0.1, 0.15) is 12.8 Å². The van der Waals surface area contributed by atoms with Crippen molar-refractivity contribution in [2.45, 2.75) is 18.9 Å². The van der Waals surface area contributed by atoms with E-state index in [0.29, 0.717) is 12.0 Å². The average molecular weight is 350 g/mol. The summed E-state index contributed by atoms with van der Waals surface area (Å²) >= 11 is 6.83. The first-order valence-corrected chi connectivity index (χ1v) is 6.90. The number of hydrogen-bond acceptors (Lipinski definition) is 3. The number of pyridine rings is 1. The Labute approximate surface area is 112 Å². The molecule has 0 bridgehead atoms. The molecule has 0 atom stereocenters. The van der Waals surface area contributed by atoms with E-state index in [2.05, 4.69) is 48.8 Å². The number of ether oxygens (including phenoxy) is 1. The van der Waals surface area contributed by atoms with E-state index in [1.54, 1.807) is 6.20 Å². The molecular formula is C11H14Br2N2O. The smallest absolute Gasteiger partial charge is 0.228 e. The Bertz CT molecular complexity index is 365. The van der Waals surface area contributed by atoms with Gasteiger partial charge in [-0.25, -0.2) is 4.98 Å². The monoisotopic (exact) mass is 348 g/mol. The second-order valence-electron chi connectivity index (χ2n) is 4.06. The van der Waals surface area contributed by atoms with E-state index < -0.39 is 0 Å². The first-order chi connectivity index (χ1) is 7.65. The molecule has 88 valence electrons. The van der Waals surface area contributed by atoms with E-state index in [-0.39, 0.29) is 0 Å². The van der Waals surface area contributed by atoms with Gasteiger partial charge in [0.05, 0.1) is 4.47 Å². The highest BCUT2D eigenvalue weighted by Crippen LogP contribution is 2.27. The van der Waals surface area contributed by atoms with Crippen molar-refractivity contribution in [2.24, 2.45) is 0 Å². The molecule has 1 aromatic rings. The van der Waals surface area contributed by atoms with Gasteiger partial charge >= 0.3 is 0 Å². The number of likely N-dealkylation sites (tertiary alicyclic amines) is 1. The minimum absolute atomic E-state index is 0.293. The number of rotatable bonds is 2. The molecule has 0 aromatic carbocycles. The number of hydrogen-bond donors (Lipinski definition) is 0. The fourth-order valence-electron chi connectivity index (χ4n) is 1.75. The average Bonchev–Trinajstić information content (AvgIpc) is 2.25. The summed E-state index contributed by atoms with van der Waals surface area (Å²) in [6, 6.07) is 1.96. The van der Waals surface area contributed by atoms with Crippen LogP contribution >= 0.6 is 31.9 Å². The van der Waals surface area contributed by atoms with Crippen molar-refractivity contribution in [3.8, 4) is 5.88 Å². The van der Waals surface area contributed by atoms with Crippen LogP contribution in [0.25, 0.3) is 0 Å². The molecule has 0 amide bonds. The zero-order valence-electron chi connectivity index (χ0n) is 9.12. The van der Waals surface area contributed by atoms with E-state index in [1.807, 2.05) is 6.07 Å². The standard InChI is InChI=1S/C11H14Br2N2O/c1-15-4-2-9(3-5-15)16-11-10(13)6-8(12)7-14-11/h6-7,9H,2-5H2,1H3. The Morgan fingerprint density at radius 2 is 2.06 bits per heavy atom. The molecule has 3 nitrogen and oxygen atoms in total. The lowest BCUT2D eigenvalue weighted by atomic mass is 10.1. The Balaban J connectivity index is 1.98. The van der Waals surface area contributed by atoms with Gasteiger partial charge in [-0.3, -0.25) is 0 Å². The van der Waals surface area contributed by atoms with E-state index in [1.165, 1.54) is 0 Å². The van der Waals surface area contributed by atoms with Crippen LogP contribution < -0.4 is 4.74 Å². The summed E-state index contributed by atoms with van der Waals surface area (Å²) in [5, 5.41) is 0. The molecule has 1 aliphatic rings. The van der Waals surface area contributed by atoms with E-state index in [9.17, 15) is 0 Å². The first kappa shape index (κ1) is 12.3. The molecule has 1 fully saturated rings. The van der Waals surface area contributed by atoms with E-state index in [4.69, 9.17) is 4.74 Å². The molecule has 2 heterocycles. The van der Waals surface area contributed by atoms with Crippen LogP contribution in [0.15, 0.2) is 21.2 Å². The summed E-state index contributed by atoms with van der Waals surface area (Å²) < 4.78 is 7.74. The Kier molecular flexibility index (Phi) is 4.21. The predicted octanol–water partition coefficient (Wildman–Crippen LogP) is 3.08. The second-order valence-corrected chi connectivity index (χ2v) is 5.83. The van der Waals surface area contributed by atoms with Crippen LogP contribution in [-0.2, 0) is 0 Å². The fraction of sp³-hybridized carbons (Fsp3) is 0.545. The van der Waals surface area contributed by atoms with Gasteiger partial charge in [0.2, 0.25) is 5.88 Å². The van der Waals surface area contributed by atoms with Gasteiger partial charge in [-0.1, -0.05) is 0 Å². The van der Waals surface area contributed by atoms with Crippen molar-refractivity contribution in [1.29, 1.82) is 0 Å². The zero-order chi connectivity index (χ0) is 11.5. The van der Waals surface area contributed by atoms with Crippen molar-refractivity contribution in [3.63, 3.8) is 0 Å². The van der Waals surface area contributed by atoms with Gasteiger partial charge in [0.25, 0.3) is 0 Å². The van der Waals surface area contributed by atoms with Gasteiger partial charge in [0.15, 0.2) is 0 Å². The molecule has 0 radical (unpaired) electrons. The van der Waals surface area contributed by atoms with Gasteiger partial charge in [0, 0.05) is 23.8 Å². The number of nitrogens with zero attached hydrogens (tertiary/aromatic N) is 2. The van der Waals surface area contributed by atoms with Gasteiger partial charge in [-0.2, -0.15) is 0 Å². The summed E-state index contributed by atoms with van der Waals surface area (Å²) in [7, 11) is 2.14. The summed E-state index contributed by atoms with van der Waals surface area (Å²) in [6.07, 6.45) is 4.19. The second kappa shape index (κ2) is 5.47. The van der Waals surface area contributed by atoms with Crippen LogP contribution in [0, 0.1) is 0 Å². The molecule has 0 unspecified atom stereocenters. The topological polar surface area (TPSA) is 25.4 Å². The lowest BCUT2D eigenvalue weighted by Crippen LogP contribution is -2.35. The van der Waals surface area contributed by atoms with Gasteiger partial charge in [-0.15, -0.1) is 0 Å². The molecule has 0 N–H and O–H groups in total. The largest absolute Gasteiger partial charge is 0.473 e. The predicted molar refractivity (Wildman–Crippen MR) is 70.8 cm³/mol. The molecule has 2 rings (SSSR count). The van der Waals surface area contributed by atoms with Crippen LogP contribution in [0.3, 0.4) is 0 Å². The highest BCUT2D eigenvalue weighted by Gasteiger charge is 2.19. The summed E-state index contributed by atoms with van der Waals surface area (Å²) in [5.74, 6) is 0.692. The van der Waals surface area contributed by atoms with Crippen molar-refractivity contribution >= 4 is 31.9 Å². The maximum absolute atomic E-state index is 5.88. The van der Waals surface area contributed by atoms with Crippen molar-refractivity contribution < 1.29 is 4.74 Å². The molecule has 1 aliphatic heterocycles. The molecule has 0 spiro atoms. The van der Waals surface area contributed by atoms with Crippen molar-refractivity contribution in [2.75, 3.05) is 20.1 Å². The van der Waals surface area contributed by atoms with Crippen LogP contribution in [0.4, 0.5) is 0 Å². The van der Waals surface area contributed by atoms with Crippen LogP contribution in [-0.4, -0.2) is 36.1 Å². The normalized spacial score (nSPS) is 18.7. The van der Waals surface area contributed by atoms with Gasteiger partial charge < -0.3 is 9.64 Å². The molecular weight excluding hydrogens is 336 g/mol. The fourth-order valence-corrected chi connectivity index (χ4v) is 2.83. The quantitative estimate of drug-likeness (QED) is 0.820. The van der Waals surface area contributed by atoms with Crippen LogP contribution in [0.5, 0.6) is 5.88 Å². The minimum atomic E-state index is 0.293. The maximum Gasteiger partial charge on any atom is 0.228 e. The number of piperidine rings is 1. The number of aromatic nitrogens is 1. The SMILES string of the molecule is CN1CCC(Oc2ncc(Br)cc2Br)CC1. The maximum atomic E-state index is 5.88. The minimum Gasteiger partial charge on any atom is -0.473 e. The molecule has 0 aliphatic carbocycles. The Hall–Kier alpha value is -0.130. The summed E-state index contributed by atoms with van der Waals surface area (Å²) in [4.78, 5) is 6.58. The summed E-state index contributed by atoms with van der Waals surface area (Å²) in [5.41, 5.74) is 0. The van der Waals surface area contributed by atoms with Gasteiger partial charge in [0.1, 0.15) is 6.10 Å². The summed E-state index contributed by atoms with van der Waals surface area (Å²) in [6.45, 7) is 2.19. The third-order valence-corrected chi connectivity index (χ3v) is 3.72. The van der Waals surface area contributed by atoms with E-state index in [0.717, 1.165) is 34.9 Å². The molecule has 1 saturated heterocycles. The first-order valence-electron chi connectivity index (χ1n) is 5.31. The molecule has 16 heavy (non-hydrogen) atoms. The zero-order valence-corrected chi connectivity index (χ0v) is 12.3. The third-order valence-electron chi connectivity index (χ3n) is 2.72. The number of halogens is 2. The third kappa shape index (κ3) is 3.18. The highest BCUT2D eigenvalue weighted by atomic mass is 79.9. The molecule has 1 aromatic heterocycles. The molecule has 0 saturated carbocycles. The Morgan fingerprint density at radius 1 is 1.38 bits per heavy atom. The lowest BCUT2D eigenvalue weighted by molar-refractivity contribution is 0.109. The highest BCUT2D eigenvalue weighted by molar-refractivity contribution is 9.11. The Morgan fingerprint density at radius 3 is 2.69 bits per heavy atom. The molecule has 5 heteroatoms. The lowest BCUT2D eigenvalue weighted by Gasteiger charge is -2.29.